The third-order valence-corrected chi connectivity index (χ3v) is 3.47. The van der Waals surface area contributed by atoms with Crippen molar-refractivity contribution in [1.29, 1.82) is 0 Å². The van der Waals surface area contributed by atoms with Gasteiger partial charge in [0, 0.05) is 6.54 Å². The van der Waals surface area contributed by atoms with Crippen molar-refractivity contribution >= 4 is 15.7 Å². The van der Waals surface area contributed by atoms with Crippen molar-refractivity contribution in [3.63, 3.8) is 0 Å². The Morgan fingerprint density at radius 1 is 1.44 bits per heavy atom. The van der Waals surface area contributed by atoms with Crippen LogP contribution in [0, 0.1) is 11.7 Å². The first-order chi connectivity index (χ1) is 7.34. The van der Waals surface area contributed by atoms with Crippen LogP contribution in [-0.4, -0.2) is 15.0 Å². The molecule has 1 aromatic rings. The van der Waals surface area contributed by atoms with Crippen LogP contribution in [0.1, 0.15) is 13.8 Å². The number of rotatable bonds is 4. The zero-order chi connectivity index (χ0) is 12.3. The monoisotopic (exact) mass is 246 g/mol. The van der Waals surface area contributed by atoms with Crippen LogP contribution in [0.2, 0.25) is 0 Å². The number of nitrogen functional groups attached to an aromatic ring is 1. The van der Waals surface area contributed by atoms with E-state index in [-0.39, 0.29) is 23.0 Å². The SMILES string of the molecule is CC(C)CNS(=O)(=O)c1cccc(F)c1N. The number of hydrogen-bond acceptors (Lipinski definition) is 3. The van der Waals surface area contributed by atoms with E-state index in [2.05, 4.69) is 4.72 Å². The van der Waals surface area contributed by atoms with Crippen LogP contribution in [0.25, 0.3) is 0 Å². The van der Waals surface area contributed by atoms with Gasteiger partial charge in [-0.1, -0.05) is 19.9 Å². The summed E-state index contributed by atoms with van der Waals surface area (Å²) in [7, 11) is -3.72. The number of benzene rings is 1. The van der Waals surface area contributed by atoms with Gasteiger partial charge in [-0.05, 0) is 18.1 Å². The van der Waals surface area contributed by atoms with E-state index in [0.717, 1.165) is 6.07 Å². The average Bonchev–Trinajstić information content (AvgIpc) is 2.19. The van der Waals surface area contributed by atoms with Crippen LogP contribution < -0.4 is 10.5 Å². The molecule has 90 valence electrons. The van der Waals surface area contributed by atoms with Crippen molar-refractivity contribution in [1.82, 2.24) is 4.72 Å². The molecule has 0 aromatic heterocycles. The Labute approximate surface area is 94.7 Å². The zero-order valence-corrected chi connectivity index (χ0v) is 10.0. The average molecular weight is 246 g/mol. The minimum atomic E-state index is -3.72. The molecule has 0 atom stereocenters. The second-order valence-electron chi connectivity index (χ2n) is 3.90. The number of anilines is 1. The van der Waals surface area contributed by atoms with E-state index < -0.39 is 15.8 Å². The highest BCUT2D eigenvalue weighted by Crippen LogP contribution is 2.20. The lowest BCUT2D eigenvalue weighted by molar-refractivity contribution is 0.559. The second kappa shape index (κ2) is 4.80. The van der Waals surface area contributed by atoms with Crippen LogP contribution in [0.15, 0.2) is 23.1 Å². The lowest BCUT2D eigenvalue weighted by atomic mass is 10.2. The molecule has 3 N–H and O–H groups in total. The molecule has 0 aliphatic carbocycles. The van der Waals surface area contributed by atoms with Crippen LogP contribution >= 0.6 is 0 Å². The topological polar surface area (TPSA) is 72.2 Å². The molecular formula is C10H15FN2O2S. The Hall–Kier alpha value is -1.14. The van der Waals surface area contributed by atoms with E-state index in [1.807, 2.05) is 13.8 Å². The van der Waals surface area contributed by atoms with Crippen molar-refractivity contribution < 1.29 is 12.8 Å². The summed E-state index contributed by atoms with van der Waals surface area (Å²) < 4.78 is 39.0. The molecule has 16 heavy (non-hydrogen) atoms. The summed E-state index contributed by atoms with van der Waals surface area (Å²) in [5.74, 6) is -0.558. The van der Waals surface area contributed by atoms with Gasteiger partial charge in [0.15, 0.2) is 0 Å². The van der Waals surface area contributed by atoms with Gasteiger partial charge >= 0.3 is 0 Å². The zero-order valence-electron chi connectivity index (χ0n) is 9.20. The molecule has 0 fully saturated rings. The second-order valence-corrected chi connectivity index (χ2v) is 5.63. The number of sulfonamides is 1. The predicted octanol–water partition coefficient (Wildman–Crippen LogP) is 1.34. The minimum absolute atomic E-state index is 0.171. The van der Waals surface area contributed by atoms with Crippen molar-refractivity contribution in [2.45, 2.75) is 18.7 Å². The number of halogens is 1. The maximum Gasteiger partial charge on any atom is 0.242 e. The molecule has 0 saturated carbocycles. The predicted molar refractivity (Wildman–Crippen MR) is 60.8 cm³/mol. The van der Waals surface area contributed by atoms with Crippen molar-refractivity contribution in [2.75, 3.05) is 12.3 Å². The normalized spacial score (nSPS) is 12.0. The van der Waals surface area contributed by atoms with E-state index in [4.69, 9.17) is 5.73 Å². The van der Waals surface area contributed by atoms with Gasteiger partial charge in [0.05, 0.1) is 5.69 Å². The van der Waals surface area contributed by atoms with Gasteiger partial charge in [0.2, 0.25) is 10.0 Å². The summed E-state index contributed by atoms with van der Waals surface area (Å²) in [5.41, 5.74) is 5.03. The maximum absolute atomic E-state index is 13.1. The van der Waals surface area contributed by atoms with Crippen LogP contribution in [-0.2, 0) is 10.0 Å². The van der Waals surface area contributed by atoms with E-state index >= 15 is 0 Å². The first-order valence-electron chi connectivity index (χ1n) is 4.88. The third-order valence-electron chi connectivity index (χ3n) is 1.98. The maximum atomic E-state index is 13.1. The fourth-order valence-electron chi connectivity index (χ4n) is 1.11. The molecule has 0 unspecified atom stereocenters. The molecule has 0 amide bonds. The molecular weight excluding hydrogens is 231 g/mol. The molecule has 1 aromatic carbocycles. The highest BCUT2D eigenvalue weighted by atomic mass is 32.2. The van der Waals surface area contributed by atoms with Gasteiger partial charge in [0.1, 0.15) is 10.7 Å². The third kappa shape index (κ3) is 2.93. The quantitative estimate of drug-likeness (QED) is 0.787. The summed E-state index contributed by atoms with van der Waals surface area (Å²) in [6, 6.07) is 3.72. The number of para-hydroxylation sites is 1. The Morgan fingerprint density at radius 2 is 2.06 bits per heavy atom. The molecule has 0 aliphatic heterocycles. The van der Waals surface area contributed by atoms with E-state index in [0.29, 0.717) is 0 Å². The Kier molecular flexibility index (Phi) is 3.88. The first-order valence-corrected chi connectivity index (χ1v) is 6.36. The van der Waals surface area contributed by atoms with Crippen molar-refractivity contribution in [3.05, 3.63) is 24.0 Å². The molecule has 0 heterocycles. The minimum Gasteiger partial charge on any atom is -0.395 e. The van der Waals surface area contributed by atoms with E-state index in [1.165, 1.54) is 12.1 Å². The van der Waals surface area contributed by atoms with Crippen LogP contribution in [0.5, 0.6) is 0 Å². The van der Waals surface area contributed by atoms with Crippen LogP contribution in [0.4, 0.5) is 10.1 Å². The van der Waals surface area contributed by atoms with Gasteiger partial charge in [-0.3, -0.25) is 0 Å². The van der Waals surface area contributed by atoms with Gasteiger partial charge < -0.3 is 5.73 Å². The fourth-order valence-corrected chi connectivity index (χ4v) is 2.46. The molecule has 0 aliphatic rings. The lowest BCUT2D eigenvalue weighted by Crippen LogP contribution is -2.28. The Bertz CT molecular complexity index is 472. The molecule has 6 heteroatoms. The standard InChI is InChI=1S/C10H15FN2O2S/c1-7(2)6-13-16(14,15)9-5-3-4-8(11)10(9)12/h3-5,7,13H,6,12H2,1-2H3. The van der Waals surface area contributed by atoms with Gasteiger partial charge in [-0.25, -0.2) is 17.5 Å². The molecule has 1 rings (SSSR count). The first kappa shape index (κ1) is 12.9. The number of nitrogens with two attached hydrogens (primary N) is 1. The Morgan fingerprint density at radius 3 is 2.62 bits per heavy atom. The highest BCUT2D eigenvalue weighted by Gasteiger charge is 2.19. The largest absolute Gasteiger partial charge is 0.395 e. The Balaban J connectivity index is 3.03. The number of hydrogen-bond donors (Lipinski definition) is 2. The molecule has 0 radical (unpaired) electrons. The summed E-state index contributed by atoms with van der Waals surface area (Å²) >= 11 is 0. The van der Waals surface area contributed by atoms with E-state index in [1.54, 1.807) is 0 Å². The van der Waals surface area contributed by atoms with E-state index in [9.17, 15) is 12.8 Å². The molecule has 0 saturated heterocycles. The summed E-state index contributed by atoms with van der Waals surface area (Å²) in [5, 5.41) is 0. The van der Waals surface area contributed by atoms with Gasteiger partial charge in [-0.15, -0.1) is 0 Å². The number of nitrogens with one attached hydrogen (secondary N) is 1. The van der Waals surface area contributed by atoms with Crippen molar-refractivity contribution in [2.24, 2.45) is 5.92 Å². The summed E-state index contributed by atoms with van der Waals surface area (Å²) in [6.07, 6.45) is 0. The molecule has 0 spiro atoms. The molecule has 4 nitrogen and oxygen atoms in total. The lowest BCUT2D eigenvalue weighted by Gasteiger charge is -2.10. The van der Waals surface area contributed by atoms with Crippen molar-refractivity contribution in [3.8, 4) is 0 Å². The van der Waals surface area contributed by atoms with Crippen LogP contribution in [0.3, 0.4) is 0 Å². The van der Waals surface area contributed by atoms with Gasteiger partial charge in [-0.2, -0.15) is 0 Å². The highest BCUT2D eigenvalue weighted by molar-refractivity contribution is 7.89. The summed E-state index contributed by atoms with van der Waals surface area (Å²) in [6.45, 7) is 4.03. The fraction of sp³-hybridized carbons (Fsp3) is 0.400. The molecule has 0 bridgehead atoms. The smallest absolute Gasteiger partial charge is 0.242 e. The summed E-state index contributed by atoms with van der Waals surface area (Å²) in [4.78, 5) is -0.215. The van der Waals surface area contributed by atoms with Gasteiger partial charge in [0.25, 0.3) is 0 Å².